The second kappa shape index (κ2) is 4.76. The largest absolute Gasteiger partial charge is 0.273 e. The zero-order valence-electron chi connectivity index (χ0n) is 7.98. The fourth-order valence-corrected chi connectivity index (χ4v) is 2.21. The van der Waals surface area contributed by atoms with Crippen molar-refractivity contribution < 1.29 is 13.2 Å². The monoisotopic (exact) mass is 291 g/mol. The average Bonchev–Trinajstić information content (AvgIpc) is 2.18. The van der Waals surface area contributed by atoms with Gasteiger partial charge in [0.1, 0.15) is 0 Å². The van der Waals surface area contributed by atoms with Gasteiger partial charge < -0.3 is 0 Å². The lowest BCUT2D eigenvalue weighted by molar-refractivity contribution is -0.118. The van der Waals surface area contributed by atoms with E-state index in [2.05, 4.69) is 15.9 Å². The smallest absolute Gasteiger partial charge is 0.264 e. The Kier molecular flexibility index (Phi) is 3.87. The number of benzene rings is 1. The highest BCUT2D eigenvalue weighted by Gasteiger charge is 2.19. The standard InChI is InChI=1S/C9H10BrNO3S/c1-7(10)9(12)11-15(13,14)8-5-3-2-4-6-8/h2-7H,1H3,(H,11,12). The van der Waals surface area contributed by atoms with Crippen LogP contribution in [-0.2, 0) is 14.8 Å². The van der Waals surface area contributed by atoms with Crippen LogP contribution in [0.4, 0.5) is 0 Å². The zero-order chi connectivity index (χ0) is 11.5. The van der Waals surface area contributed by atoms with Crippen molar-refractivity contribution in [3.05, 3.63) is 30.3 Å². The van der Waals surface area contributed by atoms with Crippen molar-refractivity contribution in [2.75, 3.05) is 0 Å². The highest BCUT2D eigenvalue weighted by molar-refractivity contribution is 9.10. The van der Waals surface area contributed by atoms with Gasteiger partial charge in [-0.05, 0) is 19.1 Å². The summed E-state index contributed by atoms with van der Waals surface area (Å²) in [6.07, 6.45) is 0. The molecule has 6 heteroatoms. The van der Waals surface area contributed by atoms with Gasteiger partial charge in [0, 0.05) is 0 Å². The zero-order valence-corrected chi connectivity index (χ0v) is 10.4. The number of hydrogen-bond donors (Lipinski definition) is 1. The minimum atomic E-state index is -3.73. The Hall–Kier alpha value is -0.880. The lowest BCUT2D eigenvalue weighted by Crippen LogP contribution is -2.34. The number of alkyl halides is 1. The van der Waals surface area contributed by atoms with Gasteiger partial charge in [-0.25, -0.2) is 13.1 Å². The van der Waals surface area contributed by atoms with Crippen LogP contribution in [0.15, 0.2) is 35.2 Å². The molecule has 0 fully saturated rings. The van der Waals surface area contributed by atoms with Crippen molar-refractivity contribution in [2.45, 2.75) is 16.6 Å². The first kappa shape index (κ1) is 12.2. The SMILES string of the molecule is CC(Br)C(=O)NS(=O)(=O)c1ccccc1. The Bertz CT molecular complexity index is 442. The van der Waals surface area contributed by atoms with Crippen LogP contribution in [0.1, 0.15) is 6.92 Å². The third kappa shape index (κ3) is 3.32. The number of hydrogen-bond acceptors (Lipinski definition) is 3. The summed E-state index contributed by atoms with van der Waals surface area (Å²) in [5, 5.41) is 0. The first-order valence-electron chi connectivity index (χ1n) is 4.19. The summed E-state index contributed by atoms with van der Waals surface area (Å²) in [5.41, 5.74) is 0. The number of carbonyl (C=O) groups is 1. The van der Waals surface area contributed by atoms with E-state index < -0.39 is 20.8 Å². The van der Waals surface area contributed by atoms with Crippen molar-refractivity contribution in [3.63, 3.8) is 0 Å². The molecule has 0 saturated carbocycles. The van der Waals surface area contributed by atoms with E-state index in [1.807, 2.05) is 4.72 Å². The Balaban J connectivity index is 2.91. The van der Waals surface area contributed by atoms with Crippen LogP contribution < -0.4 is 4.72 Å². The molecule has 1 rings (SSSR count). The molecule has 0 aliphatic carbocycles. The summed E-state index contributed by atoms with van der Waals surface area (Å²) in [6.45, 7) is 1.55. The van der Waals surface area contributed by atoms with E-state index >= 15 is 0 Å². The van der Waals surface area contributed by atoms with E-state index in [1.54, 1.807) is 25.1 Å². The summed E-state index contributed by atoms with van der Waals surface area (Å²) in [5.74, 6) is -0.584. The van der Waals surface area contributed by atoms with Crippen LogP contribution in [0.2, 0.25) is 0 Å². The normalized spacial score (nSPS) is 13.2. The number of carbonyl (C=O) groups excluding carboxylic acids is 1. The molecule has 0 aliphatic rings. The highest BCUT2D eigenvalue weighted by atomic mass is 79.9. The van der Waals surface area contributed by atoms with Gasteiger partial charge in [0.15, 0.2) is 0 Å². The van der Waals surface area contributed by atoms with Gasteiger partial charge >= 0.3 is 0 Å². The van der Waals surface area contributed by atoms with Gasteiger partial charge in [-0.15, -0.1) is 0 Å². The molecule has 1 aromatic carbocycles. The van der Waals surface area contributed by atoms with Crippen molar-refractivity contribution >= 4 is 31.9 Å². The summed E-state index contributed by atoms with van der Waals surface area (Å²) < 4.78 is 25.1. The molecule has 1 atom stereocenters. The fourth-order valence-electron chi connectivity index (χ4n) is 0.872. The molecule has 0 aromatic heterocycles. The van der Waals surface area contributed by atoms with Crippen LogP contribution in [-0.4, -0.2) is 19.2 Å². The minimum Gasteiger partial charge on any atom is -0.273 e. The fraction of sp³-hybridized carbons (Fsp3) is 0.222. The summed E-state index contributed by atoms with van der Waals surface area (Å²) in [6, 6.07) is 7.74. The van der Waals surface area contributed by atoms with E-state index in [9.17, 15) is 13.2 Å². The van der Waals surface area contributed by atoms with Gasteiger partial charge in [-0.2, -0.15) is 0 Å². The Morgan fingerprint density at radius 3 is 2.33 bits per heavy atom. The quantitative estimate of drug-likeness (QED) is 0.853. The number of nitrogens with one attached hydrogen (secondary N) is 1. The summed E-state index contributed by atoms with van der Waals surface area (Å²) in [4.78, 5) is 10.7. The molecule has 15 heavy (non-hydrogen) atoms. The number of amides is 1. The van der Waals surface area contributed by atoms with Crippen LogP contribution in [0, 0.1) is 0 Å². The maximum atomic E-state index is 11.6. The molecule has 0 aliphatic heterocycles. The van der Waals surface area contributed by atoms with Crippen LogP contribution in [0.5, 0.6) is 0 Å². The molecule has 0 bridgehead atoms. The van der Waals surface area contributed by atoms with Crippen LogP contribution in [0.3, 0.4) is 0 Å². The maximum absolute atomic E-state index is 11.6. The molecule has 0 heterocycles. The maximum Gasteiger partial charge on any atom is 0.264 e. The predicted octanol–water partition coefficient (Wildman–Crippen LogP) is 1.27. The predicted molar refractivity (Wildman–Crippen MR) is 60.2 cm³/mol. The second-order valence-electron chi connectivity index (χ2n) is 2.90. The second-order valence-corrected chi connectivity index (χ2v) is 5.95. The first-order valence-corrected chi connectivity index (χ1v) is 6.59. The minimum absolute atomic E-state index is 0.0755. The topological polar surface area (TPSA) is 63.2 Å². The van der Waals surface area contributed by atoms with E-state index in [4.69, 9.17) is 0 Å². The number of sulfonamides is 1. The molecular formula is C9H10BrNO3S. The third-order valence-corrected chi connectivity index (χ3v) is 3.43. The van der Waals surface area contributed by atoms with Crippen molar-refractivity contribution in [2.24, 2.45) is 0 Å². The lowest BCUT2D eigenvalue weighted by Gasteiger charge is -2.07. The molecule has 0 radical (unpaired) electrons. The molecule has 1 N–H and O–H groups in total. The number of halogens is 1. The average molecular weight is 292 g/mol. The molecule has 1 aromatic rings. The highest BCUT2D eigenvalue weighted by Crippen LogP contribution is 2.08. The van der Waals surface area contributed by atoms with E-state index in [1.165, 1.54) is 12.1 Å². The molecule has 0 saturated heterocycles. The Morgan fingerprint density at radius 1 is 1.33 bits per heavy atom. The molecule has 82 valence electrons. The lowest BCUT2D eigenvalue weighted by atomic mass is 10.4. The van der Waals surface area contributed by atoms with Gasteiger partial charge in [-0.1, -0.05) is 34.1 Å². The van der Waals surface area contributed by atoms with E-state index in [-0.39, 0.29) is 4.90 Å². The Morgan fingerprint density at radius 2 is 1.87 bits per heavy atom. The first-order chi connectivity index (χ1) is 6.93. The Labute approximate surface area is 96.9 Å². The van der Waals surface area contributed by atoms with Crippen molar-refractivity contribution in [3.8, 4) is 0 Å². The van der Waals surface area contributed by atoms with E-state index in [0.717, 1.165) is 0 Å². The third-order valence-electron chi connectivity index (χ3n) is 1.65. The van der Waals surface area contributed by atoms with Crippen LogP contribution in [0.25, 0.3) is 0 Å². The number of rotatable bonds is 3. The van der Waals surface area contributed by atoms with Gasteiger partial charge in [0.25, 0.3) is 10.0 Å². The van der Waals surface area contributed by atoms with Crippen molar-refractivity contribution in [1.29, 1.82) is 0 Å². The van der Waals surface area contributed by atoms with Crippen molar-refractivity contribution in [1.82, 2.24) is 4.72 Å². The molecule has 1 unspecified atom stereocenters. The van der Waals surface area contributed by atoms with E-state index in [0.29, 0.717) is 0 Å². The summed E-state index contributed by atoms with van der Waals surface area (Å²) in [7, 11) is -3.73. The molecular weight excluding hydrogens is 282 g/mol. The van der Waals surface area contributed by atoms with Gasteiger partial charge in [-0.3, -0.25) is 4.79 Å². The van der Waals surface area contributed by atoms with Gasteiger partial charge in [0.05, 0.1) is 9.72 Å². The summed E-state index contributed by atoms with van der Waals surface area (Å²) >= 11 is 2.99. The molecule has 0 spiro atoms. The molecule has 1 amide bonds. The van der Waals surface area contributed by atoms with Crippen LogP contribution >= 0.6 is 15.9 Å². The van der Waals surface area contributed by atoms with Gasteiger partial charge in [0.2, 0.25) is 5.91 Å². The molecule has 4 nitrogen and oxygen atoms in total.